The van der Waals surface area contributed by atoms with Gasteiger partial charge in [0.15, 0.2) is 0 Å². The highest BCUT2D eigenvalue weighted by atomic mass is 16.5. The quantitative estimate of drug-likeness (QED) is 0.614. The van der Waals surface area contributed by atoms with Crippen molar-refractivity contribution in [1.82, 2.24) is 9.78 Å². The second kappa shape index (κ2) is 3.20. The van der Waals surface area contributed by atoms with E-state index in [1.54, 1.807) is 12.4 Å². The van der Waals surface area contributed by atoms with E-state index in [1.165, 1.54) is 11.8 Å². The van der Waals surface area contributed by atoms with Crippen molar-refractivity contribution < 1.29 is 9.53 Å². The van der Waals surface area contributed by atoms with E-state index in [9.17, 15) is 4.79 Å². The maximum Gasteiger partial charge on any atom is 0.434 e. The van der Waals surface area contributed by atoms with E-state index in [4.69, 9.17) is 0 Å². The van der Waals surface area contributed by atoms with Gasteiger partial charge in [-0.05, 0) is 11.0 Å². The van der Waals surface area contributed by atoms with Crippen LogP contribution in [0.3, 0.4) is 0 Å². The first kappa shape index (κ1) is 9.77. The van der Waals surface area contributed by atoms with Gasteiger partial charge in [-0.3, -0.25) is 0 Å². The van der Waals surface area contributed by atoms with Gasteiger partial charge in [0, 0.05) is 6.20 Å². The van der Waals surface area contributed by atoms with Gasteiger partial charge >= 0.3 is 6.09 Å². The minimum Gasteiger partial charge on any atom is -0.451 e. The highest BCUT2D eigenvalue weighted by molar-refractivity contribution is 5.69. The largest absolute Gasteiger partial charge is 0.451 e. The lowest BCUT2D eigenvalue weighted by Gasteiger charge is -2.14. The zero-order valence-corrected chi connectivity index (χ0v) is 8.37. The summed E-state index contributed by atoms with van der Waals surface area (Å²) in [5.74, 6) is 0. The topological polar surface area (TPSA) is 44.1 Å². The van der Waals surface area contributed by atoms with E-state index in [0.717, 1.165) is 5.56 Å². The Labute approximate surface area is 77.5 Å². The summed E-state index contributed by atoms with van der Waals surface area (Å²) in [6.45, 7) is 6.18. The summed E-state index contributed by atoms with van der Waals surface area (Å²) in [4.78, 5) is 11.0. The van der Waals surface area contributed by atoms with E-state index < -0.39 is 6.09 Å². The van der Waals surface area contributed by atoms with Gasteiger partial charge < -0.3 is 4.74 Å². The van der Waals surface area contributed by atoms with Crippen LogP contribution in [0.1, 0.15) is 26.3 Å². The van der Waals surface area contributed by atoms with Crippen LogP contribution < -0.4 is 0 Å². The average molecular weight is 182 g/mol. The highest BCUT2D eigenvalue weighted by Gasteiger charge is 2.17. The van der Waals surface area contributed by atoms with Crippen molar-refractivity contribution in [3.8, 4) is 0 Å². The van der Waals surface area contributed by atoms with Crippen LogP contribution >= 0.6 is 0 Å². The van der Waals surface area contributed by atoms with Crippen LogP contribution in [0.25, 0.3) is 0 Å². The third-order valence-corrected chi connectivity index (χ3v) is 1.81. The maximum absolute atomic E-state index is 11.0. The first-order valence-electron chi connectivity index (χ1n) is 4.08. The van der Waals surface area contributed by atoms with Crippen molar-refractivity contribution in [2.45, 2.75) is 26.2 Å². The molecule has 0 aliphatic heterocycles. The molecule has 4 nitrogen and oxygen atoms in total. The molecule has 0 saturated heterocycles. The standard InChI is InChI=1S/C9H14N2O2/c1-9(2,3)7-5-10-11(6-7)8(12)13-4/h5-6H,1-4H3. The van der Waals surface area contributed by atoms with E-state index in [0.29, 0.717) is 0 Å². The molecule has 0 atom stereocenters. The summed E-state index contributed by atoms with van der Waals surface area (Å²) in [6, 6.07) is 0. The molecule has 13 heavy (non-hydrogen) atoms. The molecule has 0 unspecified atom stereocenters. The number of ether oxygens (including phenoxy) is 1. The number of methoxy groups -OCH3 is 1. The van der Waals surface area contributed by atoms with Crippen molar-refractivity contribution in [1.29, 1.82) is 0 Å². The fraction of sp³-hybridized carbons (Fsp3) is 0.556. The zero-order chi connectivity index (χ0) is 10.1. The maximum atomic E-state index is 11.0. The summed E-state index contributed by atoms with van der Waals surface area (Å²) in [7, 11) is 1.33. The van der Waals surface area contributed by atoms with Crippen LogP contribution in [0.4, 0.5) is 4.79 Å². The van der Waals surface area contributed by atoms with Gasteiger partial charge in [0.25, 0.3) is 0 Å². The summed E-state index contributed by atoms with van der Waals surface area (Å²) in [6.07, 6.45) is 2.90. The Bertz CT molecular complexity index is 310. The Morgan fingerprint density at radius 2 is 2.15 bits per heavy atom. The lowest BCUT2D eigenvalue weighted by Crippen LogP contribution is -2.13. The second-order valence-electron chi connectivity index (χ2n) is 3.89. The molecule has 0 spiro atoms. The molecule has 0 aliphatic carbocycles. The molecule has 0 amide bonds. The van der Waals surface area contributed by atoms with Crippen molar-refractivity contribution >= 4 is 6.09 Å². The summed E-state index contributed by atoms with van der Waals surface area (Å²) < 4.78 is 5.72. The third-order valence-electron chi connectivity index (χ3n) is 1.81. The molecule has 1 aromatic heterocycles. The minimum atomic E-state index is -0.462. The molecule has 72 valence electrons. The Balaban J connectivity index is 2.93. The molecule has 0 aliphatic rings. The van der Waals surface area contributed by atoms with Crippen molar-refractivity contribution in [2.75, 3.05) is 7.11 Å². The van der Waals surface area contributed by atoms with Gasteiger partial charge in [0.2, 0.25) is 0 Å². The fourth-order valence-corrected chi connectivity index (χ4v) is 0.903. The van der Waals surface area contributed by atoms with E-state index >= 15 is 0 Å². The Morgan fingerprint density at radius 1 is 1.54 bits per heavy atom. The lowest BCUT2D eigenvalue weighted by atomic mass is 9.90. The normalized spacial score (nSPS) is 11.4. The fourth-order valence-electron chi connectivity index (χ4n) is 0.903. The van der Waals surface area contributed by atoms with E-state index in [-0.39, 0.29) is 5.41 Å². The number of hydrogen-bond acceptors (Lipinski definition) is 3. The molecule has 1 rings (SSSR count). The van der Waals surface area contributed by atoms with Gasteiger partial charge in [-0.25, -0.2) is 4.79 Å². The van der Waals surface area contributed by atoms with Crippen LogP contribution in [0.2, 0.25) is 0 Å². The number of hydrogen-bond donors (Lipinski definition) is 0. The number of carbonyl (C=O) groups is 1. The van der Waals surface area contributed by atoms with Crippen molar-refractivity contribution in [3.63, 3.8) is 0 Å². The third kappa shape index (κ3) is 2.08. The Kier molecular flexibility index (Phi) is 2.40. The minimum absolute atomic E-state index is 0.00622. The predicted molar refractivity (Wildman–Crippen MR) is 48.7 cm³/mol. The van der Waals surface area contributed by atoms with Gasteiger partial charge in [-0.15, -0.1) is 0 Å². The molecule has 0 radical (unpaired) electrons. The van der Waals surface area contributed by atoms with Gasteiger partial charge in [0.1, 0.15) is 0 Å². The molecule has 1 heterocycles. The molecule has 1 aromatic rings. The van der Waals surface area contributed by atoms with Crippen molar-refractivity contribution in [2.24, 2.45) is 0 Å². The molecule has 0 N–H and O–H groups in total. The van der Waals surface area contributed by atoms with Crippen LogP contribution in [0, 0.1) is 0 Å². The van der Waals surface area contributed by atoms with Gasteiger partial charge in [0.05, 0.1) is 13.3 Å². The second-order valence-corrected chi connectivity index (χ2v) is 3.89. The molecule has 4 heteroatoms. The van der Waals surface area contributed by atoms with Gasteiger partial charge in [-0.1, -0.05) is 20.8 Å². The van der Waals surface area contributed by atoms with Crippen LogP contribution in [-0.4, -0.2) is 23.0 Å². The Morgan fingerprint density at radius 3 is 2.54 bits per heavy atom. The number of aromatic nitrogens is 2. The van der Waals surface area contributed by atoms with Crippen LogP contribution in [0.15, 0.2) is 12.4 Å². The van der Waals surface area contributed by atoms with E-state index in [2.05, 4.69) is 30.6 Å². The summed E-state index contributed by atoms with van der Waals surface area (Å²) in [5.41, 5.74) is 1.02. The SMILES string of the molecule is COC(=O)n1cc(C(C)(C)C)cn1. The number of nitrogens with zero attached hydrogens (tertiary/aromatic N) is 2. The first-order chi connectivity index (χ1) is 5.95. The van der Waals surface area contributed by atoms with Crippen molar-refractivity contribution in [3.05, 3.63) is 18.0 Å². The predicted octanol–water partition coefficient (Wildman–Crippen LogP) is 1.80. The summed E-state index contributed by atoms with van der Waals surface area (Å²) >= 11 is 0. The average Bonchev–Trinajstić information content (AvgIpc) is 2.50. The molecule has 0 saturated carbocycles. The molecule has 0 aromatic carbocycles. The van der Waals surface area contributed by atoms with E-state index in [1.807, 2.05) is 0 Å². The zero-order valence-electron chi connectivity index (χ0n) is 8.37. The Hall–Kier alpha value is -1.32. The first-order valence-corrected chi connectivity index (χ1v) is 4.08. The number of carbonyl (C=O) groups excluding carboxylic acids is 1. The van der Waals surface area contributed by atoms with Crippen LogP contribution in [0.5, 0.6) is 0 Å². The highest BCUT2D eigenvalue weighted by Crippen LogP contribution is 2.20. The monoisotopic (exact) mass is 182 g/mol. The molecular formula is C9H14N2O2. The number of rotatable bonds is 0. The smallest absolute Gasteiger partial charge is 0.434 e. The summed E-state index contributed by atoms with van der Waals surface area (Å²) in [5, 5.41) is 3.90. The van der Waals surface area contributed by atoms with Crippen LogP contribution in [-0.2, 0) is 10.2 Å². The molecular weight excluding hydrogens is 168 g/mol. The molecule has 0 fully saturated rings. The lowest BCUT2D eigenvalue weighted by molar-refractivity contribution is 0.169. The van der Waals surface area contributed by atoms with Gasteiger partial charge in [-0.2, -0.15) is 9.78 Å². The molecule has 0 bridgehead atoms.